The van der Waals surface area contributed by atoms with Gasteiger partial charge in [-0.05, 0) is 42.8 Å². The first-order chi connectivity index (χ1) is 9.85. The molecule has 0 saturated heterocycles. The number of halogens is 1. The number of para-hydroxylation sites is 1. The van der Waals surface area contributed by atoms with Gasteiger partial charge in [-0.15, -0.1) is 0 Å². The zero-order chi connectivity index (χ0) is 15.6. The van der Waals surface area contributed by atoms with Gasteiger partial charge in [-0.25, -0.2) is 12.8 Å². The van der Waals surface area contributed by atoms with E-state index in [1.165, 1.54) is 30.3 Å². The molecule has 0 saturated carbocycles. The minimum atomic E-state index is -3.99. The van der Waals surface area contributed by atoms with Crippen LogP contribution in [0.3, 0.4) is 0 Å². The van der Waals surface area contributed by atoms with Crippen LogP contribution in [0, 0.1) is 24.1 Å². The molecule has 2 rings (SSSR count). The molecule has 0 spiro atoms. The fourth-order valence-electron chi connectivity index (χ4n) is 1.86. The van der Waals surface area contributed by atoms with Crippen molar-refractivity contribution in [1.82, 2.24) is 0 Å². The van der Waals surface area contributed by atoms with Crippen molar-refractivity contribution in [3.8, 4) is 6.07 Å². The highest BCUT2D eigenvalue weighted by molar-refractivity contribution is 7.92. The Morgan fingerprint density at radius 1 is 1.29 bits per heavy atom. The summed E-state index contributed by atoms with van der Waals surface area (Å²) in [4.78, 5) is -0.0378. The largest absolute Gasteiger partial charge is 0.397 e. The second-order valence-electron chi connectivity index (χ2n) is 4.40. The number of nitrogens with one attached hydrogen (secondary N) is 1. The van der Waals surface area contributed by atoms with Crippen molar-refractivity contribution in [2.45, 2.75) is 11.8 Å². The summed E-state index contributed by atoms with van der Waals surface area (Å²) in [5.74, 6) is -0.759. The summed E-state index contributed by atoms with van der Waals surface area (Å²) >= 11 is 0. The van der Waals surface area contributed by atoms with Gasteiger partial charge in [0.25, 0.3) is 10.0 Å². The van der Waals surface area contributed by atoms with Crippen molar-refractivity contribution in [3.05, 3.63) is 53.3 Å². The van der Waals surface area contributed by atoms with Crippen molar-refractivity contribution >= 4 is 21.4 Å². The highest BCUT2D eigenvalue weighted by Crippen LogP contribution is 2.26. The number of sulfonamides is 1. The van der Waals surface area contributed by atoms with Crippen molar-refractivity contribution in [3.63, 3.8) is 0 Å². The molecule has 7 heteroatoms. The topological polar surface area (TPSA) is 96.0 Å². The number of benzene rings is 2. The quantitative estimate of drug-likeness (QED) is 0.851. The number of nitrogens with zero attached hydrogens (tertiary/aromatic N) is 1. The standard InChI is InChI=1S/C14H12FN3O2S/c1-9-7-10(8-16)5-6-13(9)21(19,20)18-14-11(15)3-2-4-12(14)17/h2-7,18H,17H2,1H3. The van der Waals surface area contributed by atoms with E-state index in [0.29, 0.717) is 11.1 Å². The van der Waals surface area contributed by atoms with E-state index in [2.05, 4.69) is 4.72 Å². The predicted molar refractivity (Wildman–Crippen MR) is 77.5 cm³/mol. The van der Waals surface area contributed by atoms with E-state index in [1.807, 2.05) is 6.07 Å². The maximum absolute atomic E-state index is 13.7. The number of rotatable bonds is 3. The first-order valence-corrected chi connectivity index (χ1v) is 7.41. The average Bonchev–Trinajstić information content (AvgIpc) is 2.42. The Balaban J connectivity index is 2.47. The van der Waals surface area contributed by atoms with Crippen LogP contribution in [0.4, 0.5) is 15.8 Å². The summed E-state index contributed by atoms with van der Waals surface area (Å²) in [5, 5.41) is 8.78. The maximum atomic E-state index is 13.7. The van der Waals surface area contributed by atoms with Crippen LogP contribution in [0.2, 0.25) is 0 Å². The van der Waals surface area contributed by atoms with E-state index in [0.717, 1.165) is 6.07 Å². The minimum Gasteiger partial charge on any atom is -0.397 e. The third-order valence-corrected chi connectivity index (χ3v) is 4.39. The lowest BCUT2D eigenvalue weighted by atomic mass is 10.2. The van der Waals surface area contributed by atoms with Gasteiger partial charge in [-0.1, -0.05) is 6.07 Å². The van der Waals surface area contributed by atoms with Crippen LogP contribution in [0.1, 0.15) is 11.1 Å². The lowest BCUT2D eigenvalue weighted by Gasteiger charge is -2.12. The fourth-order valence-corrected chi connectivity index (χ4v) is 3.18. The maximum Gasteiger partial charge on any atom is 0.262 e. The van der Waals surface area contributed by atoms with Gasteiger partial charge in [-0.2, -0.15) is 5.26 Å². The van der Waals surface area contributed by atoms with Gasteiger partial charge in [0.05, 0.1) is 22.2 Å². The molecule has 3 N–H and O–H groups in total. The zero-order valence-corrected chi connectivity index (χ0v) is 11.9. The Morgan fingerprint density at radius 3 is 2.57 bits per heavy atom. The summed E-state index contributed by atoms with van der Waals surface area (Å²) in [6.07, 6.45) is 0. The van der Waals surface area contributed by atoms with Gasteiger partial charge >= 0.3 is 0 Å². The third kappa shape index (κ3) is 2.95. The molecule has 2 aromatic carbocycles. The van der Waals surface area contributed by atoms with Crippen molar-refractivity contribution < 1.29 is 12.8 Å². The lowest BCUT2D eigenvalue weighted by Crippen LogP contribution is -2.16. The number of nitriles is 1. The highest BCUT2D eigenvalue weighted by atomic mass is 32.2. The minimum absolute atomic E-state index is 0.00938. The molecule has 0 fully saturated rings. The number of hydrogen-bond acceptors (Lipinski definition) is 4. The van der Waals surface area contributed by atoms with Crippen LogP contribution in [-0.2, 0) is 10.0 Å². The normalized spacial score (nSPS) is 10.9. The van der Waals surface area contributed by atoms with Crippen LogP contribution in [0.5, 0.6) is 0 Å². The molecule has 0 aliphatic rings. The van der Waals surface area contributed by atoms with Crippen molar-refractivity contribution in [2.75, 3.05) is 10.5 Å². The summed E-state index contributed by atoms with van der Waals surface area (Å²) < 4.78 is 40.4. The molecule has 2 aromatic rings. The first kappa shape index (κ1) is 14.8. The molecule has 0 unspecified atom stereocenters. The van der Waals surface area contributed by atoms with Gasteiger partial charge in [0.15, 0.2) is 0 Å². The second-order valence-corrected chi connectivity index (χ2v) is 6.05. The molecule has 5 nitrogen and oxygen atoms in total. The molecule has 0 bridgehead atoms. The van der Waals surface area contributed by atoms with Crippen LogP contribution in [-0.4, -0.2) is 8.42 Å². The molecule has 0 amide bonds. The molecular formula is C14H12FN3O2S. The monoisotopic (exact) mass is 305 g/mol. The van der Waals surface area contributed by atoms with Crippen LogP contribution >= 0.6 is 0 Å². The van der Waals surface area contributed by atoms with Crippen molar-refractivity contribution in [2.24, 2.45) is 0 Å². The number of nitrogens with two attached hydrogens (primary N) is 1. The number of anilines is 2. The number of aryl methyl sites for hydroxylation is 1. The Bertz CT molecular complexity index is 822. The second kappa shape index (κ2) is 5.42. The molecule has 0 aliphatic heterocycles. The van der Waals surface area contributed by atoms with E-state index in [1.54, 1.807) is 6.92 Å². The fraction of sp³-hybridized carbons (Fsp3) is 0.0714. The Morgan fingerprint density at radius 2 is 2.00 bits per heavy atom. The van der Waals surface area contributed by atoms with Crippen LogP contribution in [0.15, 0.2) is 41.3 Å². The van der Waals surface area contributed by atoms with Crippen molar-refractivity contribution in [1.29, 1.82) is 5.26 Å². The summed E-state index contributed by atoms with van der Waals surface area (Å²) in [6.45, 7) is 1.56. The van der Waals surface area contributed by atoms with Gasteiger partial charge in [0.2, 0.25) is 0 Å². The van der Waals surface area contributed by atoms with Gasteiger partial charge in [-0.3, -0.25) is 4.72 Å². The van der Waals surface area contributed by atoms with E-state index < -0.39 is 15.8 Å². The van der Waals surface area contributed by atoms with E-state index in [4.69, 9.17) is 11.0 Å². The highest BCUT2D eigenvalue weighted by Gasteiger charge is 2.20. The smallest absolute Gasteiger partial charge is 0.262 e. The number of nitrogen functional groups attached to an aromatic ring is 1. The predicted octanol–water partition coefficient (Wildman–Crippen LogP) is 2.39. The summed E-state index contributed by atoms with van der Waals surface area (Å²) in [5.41, 5.74) is 6.01. The third-order valence-electron chi connectivity index (χ3n) is 2.88. The molecule has 108 valence electrons. The average molecular weight is 305 g/mol. The molecule has 0 atom stereocenters. The summed E-state index contributed by atoms with van der Waals surface area (Å²) in [7, 11) is -3.99. The van der Waals surface area contributed by atoms with Gasteiger partial charge in [0.1, 0.15) is 11.5 Å². The molecular weight excluding hydrogens is 293 g/mol. The molecule has 0 aromatic heterocycles. The van der Waals surface area contributed by atoms with E-state index in [9.17, 15) is 12.8 Å². The molecule has 0 heterocycles. The number of hydrogen-bond donors (Lipinski definition) is 2. The first-order valence-electron chi connectivity index (χ1n) is 5.92. The zero-order valence-electron chi connectivity index (χ0n) is 11.1. The van der Waals surface area contributed by atoms with Gasteiger partial charge < -0.3 is 5.73 Å². The van der Waals surface area contributed by atoms with Crippen LogP contribution in [0.25, 0.3) is 0 Å². The molecule has 21 heavy (non-hydrogen) atoms. The Labute approximate surface area is 121 Å². The van der Waals surface area contributed by atoms with E-state index in [-0.39, 0.29) is 16.3 Å². The van der Waals surface area contributed by atoms with Crippen LogP contribution < -0.4 is 10.5 Å². The SMILES string of the molecule is Cc1cc(C#N)ccc1S(=O)(=O)Nc1c(N)cccc1F. The Hall–Kier alpha value is -2.59. The molecule has 0 radical (unpaired) electrons. The lowest BCUT2D eigenvalue weighted by molar-refractivity contribution is 0.598. The Kier molecular flexibility index (Phi) is 3.82. The van der Waals surface area contributed by atoms with E-state index >= 15 is 0 Å². The summed E-state index contributed by atoms with van der Waals surface area (Å²) in [6, 6.07) is 9.93. The van der Waals surface area contributed by atoms with Gasteiger partial charge in [0, 0.05) is 0 Å². The molecule has 0 aliphatic carbocycles.